The van der Waals surface area contributed by atoms with Gasteiger partial charge in [-0.3, -0.25) is 4.98 Å². The Labute approximate surface area is 95.9 Å². The van der Waals surface area contributed by atoms with Crippen LogP contribution in [0.1, 0.15) is 24.5 Å². The highest BCUT2D eigenvalue weighted by atomic mass is 32.2. The van der Waals surface area contributed by atoms with Crippen molar-refractivity contribution in [2.75, 3.05) is 5.75 Å². The van der Waals surface area contributed by atoms with Crippen molar-refractivity contribution < 1.29 is 0 Å². The van der Waals surface area contributed by atoms with Gasteiger partial charge in [0.1, 0.15) is 0 Å². The Kier molecular flexibility index (Phi) is 3.65. The third-order valence-corrected chi connectivity index (χ3v) is 4.39. The van der Waals surface area contributed by atoms with E-state index in [4.69, 9.17) is 0 Å². The predicted octanol–water partition coefficient (Wildman–Crippen LogP) is 2.37. The van der Waals surface area contributed by atoms with Gasteiger partial charge < -0.3 is 5.32 Å². The summed E-state index contributed by atoms with van der Waals surface area (Å²) in [4.78, 5) is 4.11. The van der Waals surface area contributed by atoms with Gasteiger partial charge in [0, 0.05) is 30.2 Å². The normalized spacial score (nSPS) is 25.7. The van der Waals surface area contributed by atoms with Crippen LogP contribution in [0.25, 0.3) is 0 Å². The number of pyridine rings is 1. The molecule has 2 rings (SSSR count). The van der Waals surface area contributed by atoms with Gasteiger partial charge in [-0.15, -0.1) is 0 Å². The summed E-state index contributed by atoms with van der Waals surface area (Å²) in [5.41, 5.74) is 2.65. The Morgan fingerprint density at radius 1 is 1.60 bits per heavy atom. The number of rotatable bonds is 3. The van der Waals surface area contributed by atoms with E-state index in [0.29, 0.717) is 6.04 Å². The summed E-state index contributed by atoms with van der Waals surface area (Å²) in [7, 11) is 0. The lowest BCUT2D eigenvalue weighted by Gasteiger charge is -2.17. The van der Waals surface area contributed by atoms with Crippen LogP contribution in [-0.4, -0.2) is 22.0 Å². The quantitative estimate of drug-likeness (QED) is 0.850. The van der Waals surface area contributed by atoms with Gasteiger partial charge in [-0.05, 0) is 36.3 Å². The van der Waals surface area contributed by atoms with Crippen LogP contribution in [-0.2, 0) is 6.54 Å². The number of hydrogen-bond donors (Lipinski definition) is 1. The van der Waals surface area contributed by atoms with E-state index < -0.39 is 0 Å². The number of nitrogens with one attached hydrogen (secondary N) is 1. The molecule has 0 aliphatic carbocycles. The Hall–Kier alpha value is -0.540. The summed E-state index contributed by atoms with van der Waals surface area (Å²) in [5, 5.41) is 4.40. The first kappa shape index (κ1) is 11.0. The fraction of sp³-hybridized carbons (Fsp3) is 0.583. The van der Waals surface area contributed by atoms with Crippen molar-refractivity contribution in [1.29, 1.82) is 0 Å². The van der Waals surface area contributed by atoms with Crippen LogP contribution in [0.15, 0.2) is 18.5 Å². The van der Waals surface area contributed by atoms with Gasteiger partial charge in [0.25, 0.3) is 0 Å². The molecule has 1 aliphatic rings. The first-order chi connectivity index (χ1) is 7.27. The van der Waals surface area contributed by atoms with Crippen molar-refractivity contribution in [3.8, 4) is 0 Å². The topological polar surface area (TPSA) is 24.9 Å². The van der Waals surface area contributed by atoms with Gasteiger partial charge in [0.05, 0.1) is 0 Å². The largest absolute Gasteiger partial charge is 0.309 e. The predicted molar refractivity (Wildman–Crippen MR) is 66.1 cm³/mol. The lowest BCUT2D eigenvalue weighted by Crippen LogP contribution is -2.32. The molecular weight excluding hydrogens is 204 g/mol. The van der Waals surface area contributed by atoms with E-state index in [1.807, 2.05) is 12.4 Å². The Morgan fingerprint density at radius 2 is 2.47 bits per heavy atom. The molecule has 0 spiro atoms. The van der Waals surface area contributed by atoms with Crippen LogP contribution in [0.2, 0.25) is 0 Å². The summed E-state index contributed by atoms with van der Waals surface area (Å²) < 4.78 is 0. The van der Waals surface area contributed by atoms with Crippen molar-refractivity contribution in [2.45, 2.75) is 38.1 Å². The molecule has 2 atom stereocenters. The SMILES string of the molecule is Cc1cnccc1CNC1CCSC1C. The van der Waals surface area contributed by atoms with E-state index in [9.17, 15) is 0 Å². The fourth-order valence-electron chi connectivity index (χ4n) is 1.94. The van der Waals surface area contributed by atoms with Gasteiger partial charge in [-0.1, -0.05) is 6.92 Å². The van der Waals surface area contributed by atoms with Crippen molar-refractivity contribution in [2.24, 2.45) is 0 Å². The molecular formula is C12H18N2S. The maximum absolute atomic E-state index is 4.11. The average Bonchev–Trinajstić information content (AvgIpc) is 2.63. The highest BCUT2D eigenvalue weighted by Crippen LogP contribution is 2.26. The average molecular weight is 222 g/mol. The fourth-order valence-corrected chi connectivity index (χ4v) is 3.17. The minimum atomic E-state index is 0.683. The van der Waals surface area contributed by atoms with E-state index in [1.165, 1.54) is 23.3 Å². The molecule has 82 valence electrons. The molecule has 3 heteroatoms. The third-order valence-electron chi connectivity index (χ3n) is 3.07. The second-order valence-electron chi connectivity index (χ2n) is 4.15. The summed E-state index contributed by atoms with van der Waals surface area (Å²) in [6, 6.07) is 2.79. The lowest BCUT2D eigenvalue weighted by molar-refractivity contribution is 0.512. The molecule has 0 amide bonds. The van der Waals surface area contributed by atoms with E-state index in [0.717, 1.165) is 11.8 Å². The van der Waals surface area contributed by atoms with Gasteiger partial charge in [-0.2, -0.15) is 11.8 Å². The van der Waals surface area contributed by atoms with Crippen LogP contribution < -0.4 is 5.32 Å². The van der Waals surface area contributed by atoms with Crippen LogP contribution in [0, 0.1) is 6.92 Å². The summed E-state index contributed by atoms with van der Waals surface area (Å²) in [6.07, 6.45) is 5.11. The summed E-state index contributed by atoms with van der Waals surface area (Å²) in [5.74, 6) is 1.30. The molecule has 1 saturated heterocycles. The molecule has 1 N–H and O–H groups in total. The number of hydrogen-bond acceptors (Lipinski definition) is 3. The van der Waals surface area contributed by atoms with Crippen molar-refractivity contribution in [1.82, 2.24) is 10.3 Å². The second kappa shape index (κ2) is 4.99. The molecule has 1 aromatic rings. The molecule has 2 heterocycles. The highest BCUT2D eigenvalue weighted by Gasteiger charge is 2.23. The number of thioether (sulfide) groups is 1. The molecule has 0 saturated carbocycles. The zero-order valence-electron chi connectivity index (χ0n) is 9.36. The zero-order chi connectivity index (χ0) is 10.7. The monoisotopic (exact) mass is 222 g/mol. The maximum Gasteiger partial charge on any atom is 0.0300 e. The minimum absolute atomic E-state index is 0.683. The first-order valence-corrected chi connectivity index (χ1v) is 6.56. The number of aryl methyl sites for hydroxylation is 1. The molecule has 0 aromatic carbocycles. The van der Waals surface area contributed by atoms with Gasteiger partial charge in [-0.25, -0.2) is 0 Å². The maximum atomic E-state index is 4.11. The second-order valence-corrected chi connectivity index (χ2v) is 5.64. The molecule has 2 nitrogen and oxygen atoms in total. The van der Waals surface area contributed by atoms with E-state index in [-0.39, 0.29) is 0 Å². The Balaban J connectivity index is 1.90. The third kappa shape index (κ3) is 2.73. The van der Waals surface area contributed by atoms with Gasteiger partial charge >= 0.3 is 0 Å². The van der Waals surface area contributed by atoms with E-state index in [2.05, 4.69) is 42.0 Å². The Bertz CT molecular complexity index is 327. The molecule has 1 fully saturated rings. The number of aromatic nitrogens is 1. The van der Waals surface area contributed by atoms with Crippen molar-refractivity contribution in [3.05, 3.63) is 29.6 Å². The van der Waals surface area contributed by atoms with Crippen LogP contribution in [0.5, 0.6) is 0 Å². The molecule has 15 heavy (non-hydrogen) atoms. The van der Waals surface area contributed by atoms with E-state index >= 15 is 0 Å². The highest BCUT2D eigenvalue weighted by molar-refractivity contribution is 8.00. The summed E-state index contributed by atoms with van der Waals surface area (Å²) in [6.45, 7) is 5.41. The van der Waals surface area contributed by atoms with Crippen molar-refractivity contribution in [3.63, 3.8) is 0 Å². The van der Waals surface area contributed by atoms with Crippen molar-refractivity contribution >= 4 is 11.8 Å². The molecule has 0 bridgehead atoms. The minimum Gasteiger partial charge on any atom is -0.309 e. The molecule has 1 aromatic heterocycles. The lowest BCUT2D eigenvalue weighted by atomic mass is 10.1. The number of nitrogens with zero attached hydrogens (tertiary/aromatic N) is 1. The van der Waals surface area contributed by atoms with E-state index in [1.54, 1.807) is 0 Å². The molecule has 0 radical (unpaired) electrons. The first-order valence-electron chi connectivity index (χ1n) is 5.52. The molecule has 2 unspecified atom stereocenters. The van der Waals surface area contributed by atoms with Crippen LogP contribution >= 0.6 is 11.8 Å². The van der Waals surface area contributed by atoms with Crippen LogP contribution in [0.3, 0.4) is 0 Å². The zero-order valence-corrected chi connectivity index (χ0v) is 10.2. The standard InChI is InChI=1S/C12H18N2S/c1-9-7-13-5-3-11(9)8-14-12-4-6-15-10(12)2/h3,5,7,10,12,14H,4,6,8H2,1-2H3. The molecule has 1 aliphatic heterocycles. The van der Waals surface area contributed by atoms with Crippen LogP contribution in [0.4, 0.5) is 0 Å². The van der Waals surface area contributed by atoms with Gasteiger partial charge in [0.2, 0.25) is 0 Å². The smallest absolute Gasteiger partial charge is 0.0300 e. The summed E-state index contributed by atoms with van der Waals surface area (Å²) >= 11 is 2.07. The van der Waals surface area contributed by atoms with Gasteiger partial charge in [0.15, 0.2) is 0 Å². The Morgan fingerprint density at radius 3 is 3.13 bits per heavy atom.